The first-order valence-corrected chi connectivity index (χ1v) is 8.35. The Morgan fingerprint density at radius 2 is 2.15 bits per heavy atom. The molecule has 1 aromatic rings. The molecule has 5 nitrogen and oxygen atoms in total. The Bertz CT molecular complexity index is 414. The van der Waals surface area contributed by atoms with E-state index in [1.165, 1.54) is 0 Å². The van der Waals surface area contributed by atoms with Crippen molar-refractivity contribution in [2.45, 2.75) is 50.9 Å². The van der Waals surface area contributed by atoms with Crippen molar-refractivity contribution in [2.75, 3.05) is 12.9 Å². The molecule has 0 aliphatic carbocycles. The predicted molar refractivity (Wildman–Crippen MR) is 83.2 cm³/mol. The maximum Gasteiger partial charge on any atom is 0.269 e. The van der Waals surface area contributed by atoms with Crippen LogP contribution >= 0.6 is 11.8 Å². The molecule has 0 aliphatic heterocycles. The first-order chi connectivity index (χ1) is 9.58. The highest BCUT2D eigenvalue weighted by atomic mass is 32.2. The molecule has 0 saturated heterocycles. The van der Waals surface area contributed by atoms with Crippen LogP contribution < -0.4 is 5.32 Å². The number of hydrogen-bond donors (Lipinski definition) is 2. The van der Waals surface area contributed by atoms with Gasteiger partial charge in [-0.2, -0.15) is 16.9 Å². The van der Waals surface area contributed by atoms with Crippen molar-refractivity contribution >= 4 is 17.7 Å². The van der Waals surface area contributed by atoms with Crippen molar-refractivity contribution in [3.63, 3.8) is 0 Å². The molecular formula is C14H25N3O2S. The summed E-state index contributed by atoms with van der Waals surface area (Å²) >= 11 is 1.55. The number of amides is 1. The van der Waals surface area contributed by atoms with Gasteiger partial charge in [0.05, 0.1) is 12.6 Å². The van der Waals surface area contributed by atoms with E-state index in [4.69, 9.17) is 0 Å². The van der Waals surface area contributed by atoms with E-state index >= 15 is 0 Å². The van der Waals surface area contributed by atoms with E-state index in [2.05, 4.69) is 24.3 Å². The van der Waals surface area contributed by atoms with E-state index in [0.29, 0.717) is 5.69 Å². The van der Waals surface area contributed by atoms with Crippen molar-refractivity contribution in [1.29, 1.82) is 0 Å². The molecule has 20 heavy (non-hydrogen) atoms. The molecule has 0 spiro atoms. The van der Waals surface area contributed by atoms with Gasteiger partial charge in [0.25, 0.3) is 5.91 Å². The monoisotopic (exact) mass is 299 g/mol. The van der Waals surface area contributed by atoms with Crippen LogP contribution in [-0.2, 0) is 0 Å². The molecule has 0 bridgehead atoms. The van der Waals surface area contributed by atoms with Gasteiger partial charge >= 0.3 is 0 Å². The largest absolute Gasteiger partial charge is 0.395 e. The fraction of sp³-hybridized carbons (Fsp3) is 0.714. The minimum absolute atomic E-state index is 0.00321. The van der Waals surface area contributed by atoms with Gasteiger partial charge in [-0.3, -0.25) is 9.48 Å². The van der Waals surface area contributed by atoms with Crippen LogP contribution in [0.3, 0.4) is 0 Å². The van der Waals surface area contributed by atoms with Crippen LogP contribution in [-0.4, -0.2) is 44.9 Å². The normalized spacial score (nSPS) is 14.3. The molecule has 6 heteroatoms. The van der Waals surface area contributed by atoms with Crippen molar-refractivity contribution in [1.82, 2.24) is 15.1 Å². The van der Waals surface area contributed by atoms with Gasteiger partial charge in [0, 0.05) is 17.5 Å². The highest BCUT2D eigenvalue weighted by Crippen LogP contribution is 2.17. The van der Waals surface area contributed by atoms with Gasteiger partial charge in [0.15, 0.2) is 0 Å². The van der Waals surface area contributed by atoms with Crippen molar-refractivity contribution in [2.24, 2.45) is 0 Å². The Morgan fingerprint density at radius 3 is 2.65 bits per heavy atom. The molecule has 2 N–H and O–H groups in total. The van der Waals surface area contributed by atoms with Crippen LogP contribution in [0.1, 0.15) is 50.1 Å². The molecule has 1 heterocycles. The average Bonchev–Trinajstić information content (AvgIpc) is 2.91. The summed E-state index contributed by atoms with van der Waals surface area (Å²) in [6, 6.07) is 1.90. The Kier molecular flexibility index (Phi) is 7.09. The van der Waals surface area contributed by atoms with E-state index < -0.39 is 0 Å². The first kappa shape index (κ1) is 17.0. The lowest BCUT2D eigenvalue weighted by Gasteiger charge is -2.22. The highest BCUT2D eigenvalue weighted by Gasteiger charge is 2.21. The summed E-state index contributed by atoms with van der Waals surface area (Å²) in [5.41, 5.74) is 0.586. The number of aliphatic hydroxyl groups excluding tert-OH is 1. The summed E-state index contributed by atoms with van der Waals surface area (Å²) in [5, 5.41) is 16.5. The Labute approximate surface area is 125 Å². The standard InChI is InChI=1S/C14H25N3O2S/c1-5-11(6-2)17-12(7-8-15-17)14(19)16-10(3)13(9-18)20-4/h7-8,10-11,13,18H,5-6,9H2,1-4H3,(H,16,19). The topological polar surface area (TPSA) is 67.2 Å². The van der Waals surface area contributed by atoms with E-state index in [0.717, 1.165) is 12.8 Å². The molecule has 0 saturated carbocycles. The number of aromatic nitrogens is 2. The van der Waals surface area contributed by atoms with Crippen molar-refractivity contribution < 1.29 is 9.90 Å². The van der Waals surface area contributed by atoms with Gasteiger partial charge in [-0.15, -0.1) is 0 Å². The third-order valence-corrected chi connectivity index (χ3v) is 4.75. The molecule has 1 amide bonds. The lowest BCUT2D eigenvalue weighted by molar-refractivity contribution is 0.0921. The lowest BCUT2D eigenvalue weighted by atomic mass is 10.1. The number of hydrogen-bond acceptors (Lipinski definition) is 4. The van der Waals surface area contributed by atoms with Crippen molar-refractivity contribution in [3.8, 4) is 0 Å². The Hall–Kier alpha value is -1.01. The maximum atomic E-state index is 12.3. The van der Waals surface area contributed by atoms with E-state index in [1.807, 2.05) is 13.2 Å². The summed E-state index contributed by atoms with van der Waals surface area (Å²) < 4.78 is 1.80. The van der Waals surface area contributed by atoms with E-state index in [-0.39, 0.29) is 29.8 Å². The Balaban J connectivity index is 2.80. The zero-order chi connectivity index (χ0) is 15.1. The number of nitrogens with one attached hydrogen (secondary N) is 1. The molecule has 1 rings (SSSR count). The maximum absolute atomic E-state index is 12.3. The third kappa shape index (κ3) is 3.99. The average molecular weight is 299 g/mol. The fourth-order valence-corrected chi connectivity index (χ4v) is 2.86. The smallest absolute Gasteiger partial charge is 0.269 e. The second kappa shape index (κ2) is 8.32. The Morgan fingerprint density at radius 1 is 1.50 bits per heavy atom. The van der Waals surface area contributed by atoms with Crippen LogP contribution in [0.25, 0.3) is 0 Å². The summed E-state index contributed by atoms with van der Waals surface area (Å²) in [6.07, 6.45) is 5.48. The minimum Gasteiger partial charge on any atom is -0.395 e. The van der Waals surface area contributed by atoms with Crippen LogP contribution in [0.4, 0.5) is 0 Å². The summed E-state index contributed by atoms with van der Waals surface area (Å²) in [6.45, 7) is 6.15. The summed E-state index contributed by atoms with van der Waals surface area (Å²) in [5.74, 6) is -0.130. The van der Waals surface area contributed by atoms with Gasteiger partial charge in [-0.25, -0.2) is 0 Å². The number of rotatable bonds is 8. The molecule has 0 aromatic carbocycles. The molecule has 1 aromatic heterocycles. The quantitative estimate of drug-likeness (QED) is 0.771. The van der Waals surface area contributed by atoms with Gasteiger partial charge in [0.1, 0.15) is 5.69 Å². The van der Waals surface area contributed by atoms with Gasteiger partial charge in [0.2, 0.25) is 0 Å². The van der Waals surface area contributed by atoms with Crippen LogP contribution in [0, 0.1) is 0 Å². The van der Waals surface area contributed by atoms with Crippen LogP contribution in [0.2, 0.25) is 0 Å². The second-order valence-corrected chi connectivity index (χ2v) is 5.93. The number of carbonyl (C=O) groups is 1. The van der Waals surface area contributed by atoms with Gasteiger partial charge in [-0.1, -0.05) is 13.8 Å². The minimum atomic E-state index is -0.130. The number of aliphatic hydroxyl groups is 1. The first-order valence-electron chi connectivity index (χ1n) is 7.06. The molecular weight excluding hydrogens is 274 g/mol. The third-order valence-electron chi connectivity index (χ3n) is 3.59. The van der Waals surface area contributed by atoms with Crippen molar-refractivity contribution in [3.05, 3.63) is 18.0 Å². The zero-order valence-electron chi connectivity index (χ0n) is 12.7. The van der Waals surface area contributed by atoms with Gasteiger partial charge in [-0.05, 0) is 32.1 Å². The number of thioether (sulfide) groups is 1. The molecule has 114 valence electrons. The molecule has 0 aliphatic rings. The fourth-order valence-electron chi connectivity index (χ4n) is 2.23. The highest BCUT2D eigenvalue weighted by molar-refractivity contribution is 7.99. The molecule has 0 fully saturated rings. The SMILES string of the molecule is CCC(CC)n1nccc1C(=O)NC(C)C(CO)SC. The second-order valence-electron chi connectivity index (χ2n) is 4.85. The molecule has 0 radical (unpaired) electrons. The summed E-state index contributed by atoms with van der Waals surface area (Å²) in [7, 11) is 0. The molecule has 2 atom stereocenters. The zero-order valence-corrected chi connectivity index (χ0v) is 13.5. The lowest BCUT2D eigenvalue weighted by Crippen LogP contribution is -2.42. The van der Waals surface area contributed by atoms with Crippen LogP contribution in [0.5, 0.6) is 0 Å². The van der Waals surface area contributed by atoms with Crippen LogP contribution in [0.15, 0.2) is 12.3 Å². The van der Waals surface area contributed by atoms with Gasteiger partial charge < -0.3 is 10.4 Å². The van der Waals surface area contributed by atoms with E-state index in [9.17, 15) is 9.90 Å². The number of nitrogens with zero attached hydrogens (tertiary/aromatic N) is 2. The molecule has 2 unspecified atom stereocenters. The summed E-state index contributed by atoms with van der Waals surface area (Å²) in [4.78, 5) is 12.3. The predicted octanol–water partition coefficient (Wildman–Crippen LogP) is 2.09. The number of carbonyl (C=O) groups excluding carboxylic acids is 1. The van der Waals surface area contributed by atoms with E-state index in [1.54, 1.807) is 28.7 Å².